The minimum absolute atomic E-state index is 0.288. The van der Waals surface area contributed by atoms with Crippen LogP contribution in [0.2, 0.25) is 0 Å². The maximum absolute atomic E-state index is 11.3. The first-order chi connectivity index (χ1) is 7.74. The van der Waals surface area contributed by atoms with Gasteiger partial charge in [0.2, 0.25) is 0 Å². The SMILES string of the molecule is CN(C)CCCNS(=O)(=O)NCC(N)C(=O)O. The molecule has 0 rings (SSSR count). The molecule has 5 N–H and O–H groups in total. The van der Waals surface area contributed by atoms with Gasteiger partial charge >= 0.3 is 5.97 Å². The highest BCUT2D eigenvalue weighted by atomic mass is 32.2. The molecule has 0 radical (unpaired) electrons. The van der Waals surface area contributed by atoms with Gasteiger partial charge in [-0.2, -0.15) is 8.42 Å². The minimum atomic E-state index is -3.67. The quantitative estimate of drug-likeness (QED) is 0.351. The van der Waals surface area contributed by atoms with Crippen LogP contribution in [0.4, 0.5) is 0 Å². The summed E-state index contributed by atoms with van der Waals surface area (Å²) >= 11 is 0. The number of hydrogen-bond donors (Lipinski definition) is 4. The van der Waals surface area contributed by atoms with Gasteiger partial charge in [0.1, 0.15) is 6.04 Å². The first-order valence-electron chi connectivity index (χ1n) is 5.12. The molecule has 0 fully saturated rings. The molecule has 1 atom stereocenters. The second-order valence-electron chi connectivity index (χ2n) is 3.85. The molecule has 0 heterocycles. The number of carboxylic acids is 1. The Morgan fingerprint density at radius 2 is 2.00 bits per heavy atom. The standard InChI is InChI=1S/C8H20N4O4S/c1-12(2)5-3-4-10-17(15,16)11-6-7(9)8(13)14/h7,10-11H,3-6,9H2,1-2H3,(H,13,14). The van der Waals surface area contributed by atoms with E-state index in [0.29, 0.717) is 6.42 Å². The summed E-state index contributed by atoms with van der Waals surface area (Å²) in [5.41, 5.74) is 5.16. The summed E-state index contributed by atoms with van der Waals surface area (Å²) < 4.78 is 27.0. The van der Waals surface area contributed by atoms with E-state index >= 15 is 0 Å². The molecule has 0 saturated heterocycles. The zero-order valence-corrected chi connectivity index (χ0v) is 10.8. The Morgan fingerprint density at radius 3 is 2.47 bits per heavy atom. The lowest BCUT2D eigenvalue weighted by Gasteiger charge is -2.12. The van der Waals surface area contributed by atoms with Crippen LogP contribution in [0.5, 0.6) is 0 Å². The van der Waals surface area contributed by atoms with Crippen LogP contribution in [0.25, 0.3) is 0 Å². The molecular formula is C8H20N4O4S. The van der Waals surface area contributed by atoms with Crippen molar-refractivity contribution in [1.82, 2.24) is 14.3 Å². The molecule has 0 aliphatic rings. The lowest BCUT2D eigenvalue weighted by Crippen LogP contribution is -2.46. The van der Waals surface area contributed by atoms with Gasteiger partial charge in [-0.3, -0.25) is 4.79 Å². The van der Waals surface area contributed by atoms with E-state index in [1.54, 1.807) is 0 Å². The fraction of sp³-hybridized carbons (Fsp3) is 0.875. The number of rotatable bonds is 9. The van der Waals surface area contributed by atoms with E-state index in [9.17, 15) is 13.2 Å². The van der Waals surface area contributed by atoms with E-state index in [0.717, 1.165) is 6.54 Å². The fourth-order valence-corrected chi connectivity index (χ4v) is 1.85. The van der Waals surface area contributed by atoms with Gasteiger partial charge in [0, 0.05) is 13.1 Å². The van der Waals surface area contributed by atoms with Crippen LogP contribution >= 0.6 is 0 Å². The molecule has 102 valence electrons. The summed E-state index contributed by atoms with van der Waals surface area (Å²) in [6.07, 6.45) is 0.666. The molecule has 0 amide bonds. The van der Waals surface area contributed by atoms with Crippen molar-refractivity contribution < 1.29 is 18.3 Å². The van der Waals surface area contributed by atoms with Gasteiger partial charge < -0.3 is 15.7 Å². The van der Waals surface area contributed by atoms with Crippen LogP contribution < -0.4 is 15.2 Å². The third-order valence-corrected chi connectivity index (χ3v) is 3.02. The summed E-state index contributed by atoms with van der Waals surface area (Å²) in [6.45, 7) is 0.714. The van der Waals surface area contributed by atoms with Crippen molar-refractivity contribution >= 4 is 16.2 Å². The average Bonchev–Trinajstić information content (AvgIpc) is 2.21. The fourth-order valence-electron chi connectivity index (χ4n) is 0.940. The number of nitrogens with one attached hydrogen (secondary N) is 2. The van der Waals surface area contributed by atoms with E-state index in [2.05, 4.69) is 9.44 Å². The van der Waals surface area contributed by atoms with Crippen LogP contribution in [0.3, 0.4) is 0 Å². The maximum Gasteiger partial charge on any atom is 0.321 e. The lowest BCUT2D eigenvalue weighted by molar-refractivity contribution is -0.138. The van der Waals surface area contributed by atoms with Crippen molar-refractivity contribution in [2.24, 2.45) is 5.73 Å². The van der Waals surface area contributed by atoms with Gasteiger partial charge in [-0.25, -0.2) is 9.44 Å². The van der Waals surface area contributed by atoms with Crippen molar-refractivity contribution in [1.29, 1.82) is 0 Å². The first kappa shape index (κ1) is 16.3. The van der Waals surface area contributed by atoms with Gasteiger partial charge in [0.05, 0.1) is 0 Å². The van der Waals surface area contributed by atoms with Crippen LogP contribution in [-0.4, -0.2) is 64.2 Å². The lowest BCUT2D eigenvalue weighted by atomic mass is 10.3. The van der Waals surface area contributed by atoms with Crippen molar-refractivity contribution in [3.8, 4) is 0 Å². The third-order valence-electron chi connectivity index (χ3n) is 1.88. The zero-order chi connectivity index (χ0) is 13.5. The predicted molar refractivity (Wildman–Crippen MR) is 63.7 cm³/mol. The maximum atomic E-state index is 11.3. The molecule has 0 spiro atoms. The highest BCUT2D eigenvalue weighted by molar-refractivity contribution is 7.87. The molecule has 17 heavy (non-hydrogen) atoms. The van der Waals surface area contributed by atoms with E-state index in [1.807, 2.05) is 19.0 Å². The van der Waals surface area contributed by atoms with E-state index in [4.69, 9.17) is 10.8 Å². The summed E-state index contributed by atoms with van der Waals surface area (Å²) in [5, 5.41) is 8.47. The van der Waals surface area contributed by atoms with Crippen molar-refractivity contribution in [3.05, 3.63) is 0 Å². The minimum Gasteiger partial charge on any atom is -0.480 e. The number of nitrogens with two attached hydrogens (primary N) is 1. The van der Waals surface area contributed by atoms with Crippen molar-refractivity contribution in [3.63, 3.8) is 0 Å². The Morgan fingerprint density at radius 1 is 1.41 bits per heavy atom. The van der Waals surface area contributed by atoms with Gasteiger partial charge in [0.15, 0.2) is 0 Å². The number of hydrogen-bond acceptors (Lipinski definition) is 5. The molecule has 0 aromatic heterocycles. The Hall–Kier alpha value is -0.740. The molecule has 0 aromatic carbocycles. The van der Waals surface area contributed by atoms with E-state index < -0.39 is 22.2 Å². The second-order valence-corrected chi connectivity index (χ2v) is 5.43. The number of nitrogens with zero attached hydrogens (tertiary/aromatic N) is 1. The molecule has 9 heteroatoms. The van der Waals surface area contributed by atoms with Gasteiger partial charge in [-0.1, -0.05) is 0 Å². The largest absolute Gasteiger partial charge is 0.480 e. The molecular weight excluding hydrogens is 248 g/mol. The molecule has 0 aliphatic carbocycles. The Bertz CT molecular complexity index is 330. The third kappa shape index (κ3) is 9.01. The zero-order valence-electron chi connectivity index (χ0n) is 10.0. The van der Waals surface area contributed by atoms with E-state index in [1.165, 1.54) is 0 Å². The highest BCUT2D eigenvalue weighted by Crippen LogP contribution is 1.84. The molecule has 0 aliphatic heterocycles. The highest BCUT2D eigenvalue weighted by Gasteiger charge is 2.15. The predicted octanol–water partition coefficient (Wildman–Crippen LogP) is -2.23. The Labute approximate surface area is 101 Å². The topological polar surface area (TPSA) is 125 Å². The number of aliphatic carboxylic acids is 1. The molecule has 1 unspecified atom stereocenters. The van der Waals surface area contributed by atoms with Gasteiger partial charge in [0.25, 0.3) is 10.2 Å². The normalized spacial score (nSPS) is 13.9. The summed E-state index contributed by atoms with van der Waals surface area (Å²) in [4.78, 5) is 12.3. The monoisotopic (exact) mass is 268 g/mol. The molecule has 0 bridgehead atoms. The molecule has 0 aromatic rings. The Kier molecular flexibility index (Phi) is 7.23. The van der Waals surface area contributed by atoms with Gasteiger partial charge in [-0.05, 0) is 27.1 Å². The van der Waals surface area contributed by atoms with Gasteiger partial charge in [-0.15, -0.1) is 0 Å². The molecule has 0 saturated carbocycles. The van der Waals surface area contributed by atoms with Crippen LogP contribution in [-0.2, 0) is 15.0 Å². The number of carboxylic acid groups (broad SMARTS) is 1. The van der Waals surface area contributed by atoms with Crippen LogP contribution in [0.1, 0.15) is 6.42 Å². The second kappa shape index (κ2) is 7.56. The van der Waals surface area contributed by atoms with Crippen molar-refractivity contribution in [2.75, 3.05) is 33.7 Å². The smallest absolute Gasteiger partial charge is 0.321 e. The summed E-state index contributed by atoms with van der Waals surface area (Å²) in [6, 6.07) is -1.24. The number of carbonyl (C=O) groups is 1. The van der Waals surface area contributed by atoms with Crippen LogP contribution in [0, 0.1) is 0 Å². The summed E-state index contributed by atoms with van der Waals surface area (Å²) in [5.74, 6) is -1.25. The van der Waals surface area contributed by atoms with Crippen LogP contribution in [0.15, 0.2) is 0 Å². The molecule has 8 nitrogen and oxygen atoms in total. The first-order valence-corrected chi connectivity index (χ1v) is 6.60. The summed E-state index contributed by atoms with van der Waals surface area (Å²) in [7, 11) is 0.105. The van der Waals surface area contributed by atoms with Crippen molar-refractivity contribution in [2.45, 2.75) is 12.5 Å². The Balaban J connectivity index is 3.85. The van der Waals surface area contributed by atoms with E-state index in [-0.39, 0.29) is 13.1 Å². The average molecular weight is 268 g/mol.